The largest absolute Gasteiger partial charge is 0.395 e. The molecule has 0 saturated carbocycles. The molecular formula is C8H10NO. The molecule has 10 heavy (non-hydrogen) atoms. The average molecular weight is 136 g/mol. The molecule has 0 aliphatic carbocycles. The van der Waals surface area contributed by atoms with E-state index in [9.17, 15) is 0 Å². The number of hydrogen-bond acceptors (Lipinski definition) is 2. The van der Waals surface area contributed by atoms with Gasteiger partial charge in [-0.3, -0.25) is 0 Å². The van der Waals surface area contributed by atoms with Crippen molar-refractivity contribution < 1.29 is 5.11 Å². The van der Waals surface area contributed by atoms with Crippen LogP contribution in [0.3, 0.4) is 0 Å². The molecule has 0 bridgehead atoms. The first-order valence-electron chi connectivity index (χ1n) is 3.24. The molecular weight excluding hydrogens is 126 g/mol. The van der Waals surface area contributed by atoms with Gasteiger partial charge in [-0.1, -0.05) is 12.1 Å². The summed E-state index contributed by atoms with van der Waals surface area (Å²) in [5, 5.41) is 11.5. The van der Waals surface area contributed by atoms with Crippen LogP contribution in [0.1, 0.15) is 0 Å². The Labute approximate surface area is 60.5 Å². The van der Waals surface area contributed by atoms with Crippen molar-refractivity contribution in [2.45, 2.75) is 0 Å². The smallest absolute Gasteiger partial charge is 0.0604 e. The number of rotatable bonds is 3. The Bertz CT molecular complexity index is 174. The van der Waals surface area contributed by atoms with Gasteiger partial charge in [0.1, 0.15) is 0 Å². The molecule has 2 heteroatoms. The third kappa shape index (κ3) is 2.07. The first-order chi connectivity index (χ1) is 4.93. The quantitative estimate of drug-likeness (QED) is 0.646. The third-order valence-electron chi connectivity index (χ3n) is 1.15. The van der Waals surface area contributed by atoms with Crippen molar-refractivity contribution in [1.29, 1.82) is 0 Å². The summed E-state index contributed by atoms with van der Waals surface area (Å²) >= 11 is 0. The van der Waals surface area contributed by atoms with E-state index in [1.54, 1.807) is 0 Å². The van der Waals surface area contributed by atoms with Gasteiger partial charge in [0, 0.05) is 12.2 Å². The third-order valence-corrected chi connectivity index (χ3v) is 1.15. The Morgan fingerprint density at radius 3 is 3.10 bits per heavy atom. The van der Waals surface area contributed by atoms with Gasteiger partial charge in [-0.25, -0.2) is 0 Å². The molecule has 0 fully saturated rings. The van der Waals surface area contributed by atoms with E-state index < -0.39 is 0 Å². The van der Waals surface area contributed by atoms with E-state index in [1.807, 2.05) is 24.3 Å². The zero-order valence-electron chi connectivity index (χ0n) is 5.67. The lowest BCUT2D eigenvalue weighted by atomic mass is 10.3. The van der Waals surface area contributed by atoms with Crippen molar-refractivity contribution in [3.8, 4) is 0 Å². The van der Waals surface area contributed by atoms with E-state index in [-0.39, 0.29) is 6.61 Å². The molecule has 53 valence electrons. The minimum absolute atomic E-state index is 0.162. The lowest BCUT2D eigenvalue weighted by Gasteiger charge is -2.01. The summed E-state index contributed by atoms with van der Waals surface area (Å²) in [5.74, 6) is 0. The molecule has 2 N–H and O–H groups in total. The van der Waals surface area contributed by atoms with Crippen LogP contribution in [-0.2, 0) is 0 Å². The molecule has 0 saturated heterocycles. The maximum Gasteiger partial charge on any atom is 0.0604 e. The fraction of sp³-hybridized carbons (Fsp3) is 0.250. The second-order valence-corrected chi connectivity index (χ2v) is 1.94. The van der Waals surface area contributed by atoms with E-state index >= 15 is 0 Å². The number of nitrogens with one attached hydrogen (secondary N) is 1. The fourth-order valence-corrected chi connectivity index (χ4v) is 0.704. The van der Waals surface area contributed by atoms with Crippen molar-refractivity contribution in [2.75, 3.05) is 18.5 Å². The Morgan fingerprint density at radius 1 is 1.60 bits per heavy atom. The molecule has 0 aromatic heterocycles. The molecule has 0 aliphatic heterocycles. The highest BCUT2D eigenvalue weighted by atomic mass is 16.3. The number of aliphatic hydroxyl groups excluding tert-OH is 1. The van der Waals surface area contributed by atoms with E-state index in [0.29, 0.717) is 6.54 Å². The molecule has 1 aromatic carbocycles. The van der Waals surface area contributed by atoms with Crippen LogP contribution in [0.5, 0.6) is 0 Å². The first kappa shape index (κ1) is 7.09. The van der Waals surface area contributed by atoms with E-state index in [0.717, 1.165) is 5.69 Å². The molecule has 0 heterocycles. The summed E-state index contributed by atoms with van der Waals surface area (Å²) in [7, 11) is 0. The zero-order chi connectivity index (χ0) is 7.23. The van der Waals surface area contributed by atoms with Gasteiger partial charge in [-0.2, -0.15) is 0 Å². The molecule has 0 aliphatic rings. The van der Waals surface area contributed by atoms with Gasteiger partial charge >= 0.3 is 0 Å². The number of hydrogen-bond donors (Lipinski definition) is 2. The standard InChI is InChI=1S/C8H10NO/c10-7-6-9-8-4-2-1-3-5-8/h1-2,4-5,9-10H,6-7H2. The molecule has 0 unspecified atom stereocenters. The summed E-state index contributed by atoms with van der Waals surface area (Å²) < 4.78 is 0. The van der Waals surface area contributed by atoms with Crippen molar-refractivity contribution in [3.05, 3.63) is 30.3 Å². The molecule has 1 rings (SSSR count). The van der Waals surface area contributed by atoms with Gasteiger partial charge in [0.05, 0.1) is 6.61 Å². The Kier molecular flexibility index (Phi) is 2.77. The van der Waals surface area contributed by atoms with Crippen LogP contribution >= 0.6 is 0 Å². The summed E-state index contributed by atoms with van der Waals surface area (Å²) in [6, 6.07) is 10.4. The Hall–Kier alpha value is -1.02. The second kappa shape index (κ2) is 3.90. The monoisotopic (exact) mass is 136 g/mol. The summed E-state index contributed by atoms with van der Waals surface area (Å²) in [6.07, 6.45) is 0. The topological polar surface area (TPSA) is 32.3 Å². The lowest BCUT2D eigenvalue weighted by molar-refractivity contribution is 0.311. The van der Waals surface area contributed by atoms with E-state index in [2.05, 4.69) is 11.4 Å². The predicted octanol–water partition coefficient (Wildman–Crippen LogP) is 0.891. The van der Waals surface area contributed by atoms with Crippen molar-refractivity contribution >= 4 is 5.69 Å². The lowest BCUT2D eigenvalue weighted by Crippen LogP contribution is -2.04. The van der Waals surface area contributed by atoms with Crippen LogP contribution in [-0.4, -0.2) is 18.3 Å². The molecule has 0 spiro atoms. The Morgan fingerprint density at radius 2 is 2.50 bits per heavy atom. The maximum absolute atomic E-state index is 8.45. The highest BCUT2D eigenvalue weighted by Gasteiger charge is 1.85. The molecule has 0 atom stereocenters. The first-order valence-corrected chi connectivity index (χ1v) is 3.24. The van der Waals surface area contributed by atoms with E-state index in [1.165, 1.54) is 0 Å². The van der Waals surface area contributed by atoms with Crippen LogP contribution in [0.25, 0.3) is 0 Å². The number of anilines is 1. The van der Waals surface area contributed by atoms with Crippen LogP contribution in [0, 0.1) is 6.07 Å². The number of aliphatic hydroxyl groups is 1. The molecule has 1 aromatic rings. The van der Waals surface area contributed by atoms with Gasteiger partial charge < -0.3 is 10.4 Å². The van der Waals surface area contributed by atoms with Crippen molar-refractivity contribution in [2.24, 2.45) is 0 Å². The SMILES string of the molecule is OCCNc1c[c]ccc1. The molecule has 2 nitrogen and oxygen atoms in total. The van der Waals surface area contributed by atoms with Crippen LogP contribution in [0.4, 0.5) is 5.69 Å². The van der Waals surface area contributed by atoms with Crippen LogP contribution in [0.15, 0.2) is 24.3 Å². The Balaban J connectivity index is 2.43. The fourth-order valence-electron chi connectivity index (χ4n) is 0.704. The van der Waals surface area contributed by atoms with Crippen LogP contribution < -0.4 is 5.32 Å². The van der Waals surface area contributed by atoms with Gasteiger partial charge in [-0.15, -0.1) is 0 Å². The van der Waals surface area contributed by atoms with Crippen molar-refractivity contribution in [1.82, 2.24) is 0 Å². The summed E-state index contributed by atoms with van der Waals surface area (Å²) in [4.78, 5) is 0. The van der Waals surface area contributed by atoms with Gasteiger partial charge in [0.2, 0.25) is 0 Å². The normalized spacial score (nSPS) is 9.30. The minimum Gasteiger partial charge on any atom is -0.395 e. The zero-order valence-corrected chi connectivity index (χ0v) is 5.67. The summed E-state index contributed by atoms with van der Waals surface area (Å²) in [5.41, 5.74) is 0.997. The highest BCUT2D eigenvalue weighted by Crippen LogP contribution is 2.02. The predicted molar refractivity (Wildman–Crippen MR) is 40.9 cm³/mol. The van der Waals surface area contributed by atoms with E-state index in [4.69, 9.17) is 5.11 Å². The highest BCUT2D eigenvalue weighted by molar-refractivity contribution is 5.41. The average Bonchev–Trinajstić information content (AvgIpc) is 2.03. The van der Waals surface area contributed by atoms with Crippen LogP contribution in [0.2, 0.25) is 0 Å². The second-order valence-electron chi connectivity index (χ2n) is 1.94. The molecule has 1 radical (unpaired) electrons. The van der Waals surface area contributed by atoms with Gasteiger partial charge in [-0.05, 0) is 18.2 Å². The summed E-state index contributed by atoms with van der Waals surface area (Å²) in [6.45, 7) is 0.757. The minimum atomic E-state index is 0.162. The van der Waals surface area contributed by atoms with Gasteiger partial charge in [0.15, 0.2) is 0 Å². The molecule has 0 amide bonds. The maximum atomic E-state index is 8.45. The number of benzene rings is 1. The van der Waals surface area contributed by atoms with Crippen molar-refractivity contribution in [3.63, 3.8) is 0 Å². The van der Waals surface area contributed by atoms with Gasteiger partial charge in [0.25, 0.3) is 0 Å².